The van der Waals surface area contributed by atoms with Gasteiger partial charge in [-0.2, -0.15) is 4.98 Å². The van der Waals surface area contributed by atoms with Crippen molar-refractivity contribution in [2.75, 3.05) is 7.05 Å². The largest absolute Gasteiger partial charge is 0.339 e. The van der Waals surface area contributed by atoms with Gasteiger partial charge in [0.2, 0.25) is 5.89 Å². The normalized spacial score (nSPS) is 26.4. The molecule has 1 aliphatic rings. The Morgan fingerprint density at radius 2 is 2.20 bits per heavy atom. The molecular weight excluding hydrogens is 190 g/mol. The van der Waals surface area contributed by atoms with Gasteiger partial charge in [0.25, 0.3) is 0 Å². The van der Waals surface area contributed by atoms with E-state index >= 15 is 0 Å². The van der Waals surface area contributed by atoms with Crippen molar-refractivity contribution < 1.29 is 4.52 Å². The van der Waals surface area contributed by atoms with Crippen molar-refractivity contribution in [1.29, 1.82) is 0 Å². The molecular formula is C11H19N3O. The quantitative estimate of drug-likeness (QED) is 0.827. The Kier molecular flexibility index (Phi) is 3.05. The lowest BCUT2D eigenvalue weighted by atomic mass is 10.0. The van der Waals surface area contributed by atoms with Crippen LogP contribution in [0, 0.1) is 0 Å². The molecule has 84 valence electrons. The minimum Gasteiger partial charge on any atom is -0.339 e. The molecule has 2 rings (SSSR count). The molecule has 4 nitrogen and oxygen atoms in total. The topological polar surface area (TPSA) is 51.0 Å². The van der Waals surface area contributed by atoms with Crippen LogP contribution in [0.15, 0.2) is 4.52 Å². The van der Waals surface area contributed by atoms with E-state index in [9.17, 15) is 0 Å². The van der Waals surface area contributed by atoms with Gasteiger partial charge in [-0.3, -0.25) is 0 Å². The van der Waals surface area contributed by atoms with E-state index in [1.165, 1.54) is 19.3 Å². The van der Waals surface area contributed by atoms with Crippen LogP contribution in [0.4, 0.5) is 0 Å². The molecule has 1 aliphatic carbocycles. The van der Waals surface area contributed by atoms with Crippen LogP contribution in [0.2, 0.25) is 0 Å². The molecule has 0 bridgehead atoms. The second-order valence-electron chi connectivity index (χ2n) is 4.58. The molecule has 0 amide bonds. The molecule has 1 heterocycles. The van der Waals surface area contributed by atoms with E-state index in [2.05, 4.69) is 29.3 Å². The summed E-state index contributed by atoms with van der Waals surface area (Å²) in [5, 5.41) is 7.42. The highest BCUT2D eigenvalue weighted by molar-refractivity contribution is 5.05. The first-order valence-electron chi connectivity index (χ1n) is 5.73. The number of hydrogen-bond donors (Lipinski definition) is 1. The molecule has 1 N–H and O–H groups in total. The number of aromatic nitrogens is 2. The SMILES string of the molecule is CN[C@H]1CCC[C@H]1c1noc(C(C)C)n1. The van der Waals surface area contributed by atoms with Gasteiger partial charge in [0, 0.05) is 17.9 Å². The zero-order valence-electron chi connectivity index (χ0n) is 9.66. The van der Waals surface area contributed by atoms with Crippen LogP contribution in [0.25, 0.3) is 0 Å². The fourth-order valence-electron chi connectivity index (χ4n) is 2.25. The lowest BCUT2D eigenvalue weighted by molar-refractivity contribution is 0.354. The van der Waals surface area contributed by atoms with E-state index in [-0.39, 0.29) is 0 Å². The van der Waals surface area contributed by atoms with Gasteiger partial charge in [0.15, 0.2) is 5.82 Å². The third kappa shape index (κ3) is 2.04. The Balaban J connectivity index is 2.14. The monoisotopic (exact) mass is 209 g/mol. The third-order valence-corrected chi connectivity index (χ3v) is 3.17. The fourth-order valence-corrected chi connectivity index (χ4v) is 2.25. The molecule has 1 aromatic heterocycles. The molecule has 0 spiro atoms. The minimum atomic E-state index is 0.320. The van der Waals surface area contributed by atoms with Crippen LogP contribution >= 0.6 is 0 Å². The molecule has 1 saturated carbocycles. The average molecular weight is 209 g/mol. The number of rotatable bonds is 3. The predicted octanol–water partition coefficient (Wildman–Crippen LogP) is 2.05. The van der Waals surface area contributed by atoms with Gasteiger partial charge in [0.05, 0.1) is 0 Å². The first-order valence-corrected chi connectivity index (χ1v) is 5.73. The number of likely N-dealkylation sites (N-methyl/N-ethyl adjacent to an activating group) is 1. The first-order chi connectivity index (χ1) is 7.22. The summed E-state index contributed by atoms with van der Waals surface area (Å²) < 4.78 is 5.24. The summed E-state index contributed by atoms with van der Waals surface area (Å²) >= 11 is 0. The molecule has 0 radical (unpaired) electrons. The maximum Gasteiger partial charge on any atom is 0.229 e. The van der Waals surface area contributed by atoms with Gasteiger partial charge >= 0.3 is 0 Å². The molecule has 15 heavy (non-hydrogen) atoms. The Morgan fingerprint density at radius 1 is 1.40 bits per heavy atom. The van der Waals surface area contributed by atoms with E-state index in [0.29, 0.717) is 17.9 Å². The van der Waals surface area contributed by atoms with Gasteiger partial charge in [-0.25, -0.2) is 0 Å². The second-order valence-corrected chi connectivity index (χ2v) is 4.58. The van der Waals surface area contributed by atoms with Crippen molar-refractivity contribution in [3.8, 4) is 0 Å². The van der Waals surface area contributed by atoms with E-state index in [0.717, 1.165) is 11.7 Å². The second kappa shape index (κ2) is 4.31. The van der Waals surface area contributed by atoms with Crippen LogP contribution in [-0.4, -0.2) is 23.2 Å². The average Bonchev–Trinajstić information content (AvgIpc) is 2.85. The van der Waals surface area contributed by atoms with E-state index in [4.69, 9.17) is 4.52 Å². The molecule has 0 unspecified atom stereocenters. The van der Waals surface area contributed by atoms with Crippen LogP contribution in [0.3, 0.4) is 0 Å². The van der Waals surface area contributed by atoms with Crippen LogP contribution in [0.1, 0.15) is 56.7 Å². The summed E-state index contributed by atoms with van der Waals surface area (Å²) in [6.07, 6.45) is 3.64. The molecule has 2 atom stereocenters. The van der Waals surface area contributed by atoms with Crippen molar-refractivity contribution in [3.05, 3.63) is 11.7 Å². The fraction of sp³-hybridized carbons (Fsp3) is 0.818. The van der Waals surface area contributed by atoms with Crippen LogP contribution in [-0.2, 0) is 0 Å². The highest BCUT2D eigenvalue weighted by atomic mass is 16.5. The van der Waals surface area contributed by atoms with Crippen molar-refractivity contribution in [3.63, 3.8) is 0 Å². The standard InChI is InChI=1S/C11H19N3O/c1-7(2)11-13-10(14-15-11)8-5-4-6-9(8)12-3/h7-9,12H,4-6H2,1-3H3/t8-,9+/m1/s1. The third-order valence-electron chi connectivity index (χ3n) is 3.17. The summed E-state index contributed by atoms with van der Waals surface area (Å²) in [6, 6.07) is 0.516. The number of hydrogen-bond acceptors (Lipinski definition) is 4. The van der Waals surface area contributed by atoms with E-state index in [1.807, 2.05) is 7.05 Å². The summed E-state index contributed by atoms with van der Waals surface area (Å²) in [5.74, 6) is 2.40. The van der Waals surface area contributed by atoms with Gasteiger partial charge in [-0.1, -0.05) is 25.4 Å². The maximum absolute atomic E-state index is 5.24. The highest BCUT2D eigenvalue weighted by Gasteiger charge is 2.31. The molecule has 0 saturated heterocycles. The Labute approximate surface area is 90.4 Å². The van der Waals surface area contributed by atoms with E-state index < -0.39 is 0 Å². The van der Waals surface area contributed by atoms with Crippen molar-refractivity contribution in [2.45, 2.75) is 51.0 Å². The molecule has 0 aromatic carbocycles. The highest BCUT2D eigenvalue weighted by Crippen LogP contribution is 2.33. The Morgan fingerprint density at radius 3 is 2.80 bits per heavy atom. The first kappa shape index (κ1) is 10.6. The van der Waals surface area contributed by atoms with Crippen molar-refractivity contribution >= 4 is 0 Å². The zero-order valence-corrected chi connectivity index (χ0v) is 9.66. The zero-order chi connectivity index (χ0) is 10.8. The molecule has 0 aliphatic heterocycles. The maximum atomic E-state index is 5.24. The van der Waals surface area contributed by atoms with Gasteiger partial charge in [-0.15, -0.1) is 0 Å². The van der Waals surface area contributed by atoms with Crippen molar-refractivity contribution in [2.24, 2.45) is 0 Å². The summed E-state index contributed by atoms with van der Waals surface area (Å²) in [7, 11) is 2.01. The molecule has 4 heteroatoms. The lowest BCUT2D eigenvalue weighted by Gasteiger charge is -2.14. The van der Waals surface area contributed by atoms with Gasteiger partial charge in [-0.05, 0) is 19.9 Å². The predicted molar refractivity (Wildman–Crippen MR) is 57.8 cm³/mol. The van der Waals surface area contributed by atoms with Crippen LogP contribution in [0.5, 0.6) is 0 Å². The number of nitrogens with one attached hydrogen (secondary N) is 1. The summed E-state index contributed by atoms with van der Waals surface area (Å²) in [6.45, 7) is 4.14. The summed E-state index contributed by atoms with van der Waals surface area (Å²) in [5.41, 5.74) is 0. The van der Waals surface area contributed by atoms with Gasteiger partial charge < -0.3 is 9.84 Å². The van der Waals surface area contributed by atoms with E-state index in [1.54, 1.807) is 0 Å². The number of nitrogens with zero attached hydrogens (tertiary/aromatic N) is 2. The van der Waals surface area contributed by atoms with Crippen molar-refractivity contribution in [1.82, 2.24) is 15.5 Å². The Hall–Kier alpha value is -0.900. The minimum absolute atomic E-state index is 0.320. The molecule has 1 aromatic rings. The summed E-state index contributed by atoms with van der Waals surface area (Å²) in [4.78, 5) is 4.47. The lowest BCUT2D eigenvalue weighted by Crippen LogP contribution is -2.28. The smallest absolute Gasteiger partial charge is 0.229 e. The molecule has 1 fully saturated rings. The van der Waals surface area contributed by atoms with Gasteiger partial charge in [0.1, 0.15) is 0 Å². The van der Waals surface area contributed by atoms with Crippen LogP contribution < -0.4 is 5.32 Å². The Bertz CT molecular complexity index is 321.